The van der Waals surface area contributed by atoms with E-state index in [-0.39, 0.29) is 0 Å². The maximum Gasteiger partial charge on any atom is 0.0628 e. The third-order valence-corrected chi connectivity index (χ3v) is 4.34. The van der Waals surface area contributed by atoms with Crippen molar-refractivity contribution in [1.82, 2.24) is 9.78 Å². The Morgan fingerprint density at radius 3 is 2.80 bits per heavy atom. The normalized spacial score (nSPS) is 18.6. The lowest BCUT2D eigenvalue weighted by molar-refractivity contribution is 0.551. The van der Waals surface area contributed by atoms with Gasteiger partial charge in [0.2, 0.25) is 0 Å². The Labute approximate surface area is 120 Å². The molecular formula is C17H23N3. The first-order chi connectivity index (χ1) is 9.81. The molecule has 1 aromatic carbocycles. The van der Waals surface area contributed by atoms with Crippen LogP contribution in [0.25, 0.3) is 0 Å². The van der Waals surface area contributed by atoms with E-state index in [1.54, 1.807) is 0 Å². The topological polar surface area (TPSA) is 43.8 Å². The number of nitrogens with two attached hydrogens (primary N) is 1. The van der Waals surface area contributed by atoms with Crippen LogP contribution in [0.1, 0.15) is 47.7 Å². The average Bonchev–Trinajstić information content (AvgIpc) is 2.66. The zero-order valence-corrected chi connectivity index (χ0v) is 12.2. The highest BCUT2D eigenvalue weighted by molar-refractivity contribution is 5.37. The molecule has 1 unspecified atom stereocenters. The molecule has 0 spiro atoms. The van der Waals surface area contributed by atoms with Gasteiger partial charge in [0, 0.05) is 18.2 Å². The van der Waals surface area contributed by atoms with E-state index in [9.17, 15) is 0 Å². The number of fused-ring (bicyclic) bond motifs is 1. The highest BCUT2D eigenvalue weighted by Crippen LogP contribution is 2.36. The SMILES string of the molecule is Cc1nn(CCN)c2c1CCCCC2c1ccccc1. The van der Waals surface area contributed by atoms with Crippen molar-refractivity contribution in [2.75, 3.05) is 6.54 Å². The molecule has 1 aliphatic rings. The van der Waals surface area contributed by atoms with Crippen LogP contribution in [0.2, 0.25) is 0 Å². The molecule has 0 fully saturated rings. The van der Waals surface area contributed by atoms with Crippen LogP contribution in [0.15, 0.2) is 30.3 Å². The molecule has 0 bridgehead atoms. The van der Waals surface area contributed by atoms with E-state index in [0.29, 0.717) is 12.5 Å². The number of rotatable bonds is 3. The Morgan fingerprint density at radius 2 is 2.05 bits per heavy atom. The lowest BCUT2D eigenvalue weighted by atomic mass is 9.90. The summed E-state index contributed by atoms with van der Waals surface area (Å²) in [6.45, 7) is 3.60. The molecule has 20 heavy (non-hydrogen) atoms. The summed E-state index contributed by atoms with van der Waals surface area (Å²) in [5.41, 5.74) is 11.2. The molecule has 0 amide bonds. The van der Waals surface area contributed by atoms with Crippen molar-refractivity contribution in [1.29, 1.82) is 0 Å². The summed E-state index contributed by atoms with van der Waals surface area (Å²) in [6.07, 6.45) is 4.93. The van der Waals surface area contributed by atoms with Gasteiger partial charge in [0.15, 0.2) is 0 Å². The smallest absolute Gasteiger partial charge is 0.0628 e. The number of nitrogens with zero attached hydrogens (tertiary/aromatic N) is 2. The fourth-order valence-electron chi connectivity index (χ4n) is 3.43. The lowest BCUT2D eigenvalue weighted by Gasteiger charge is -2.18. The van der Waals surface area contributed by atoms with Crippen LogP contribution >= 0.6 is 0 Å². The van der Waals surface area contributed by atoms with E-state index in [1.165, 1.54) is 41.8 Å². The Bertz CT molecular complexity index is 571. The van der Waals surface area contributed by atoms with Gasteiger partial charge in [-0.2, -0.15) is 5.10 Å². The Kier molecular flexibility index (Phi) is 3.88. The standard InChI is InChI=1S/C17H23N3/c1-13-15-9-5-6-10-16(14-7-3-2-4-8-14)17(15)20(19-13)12-11-18/h2-4,7-8,16H,5-6,9-12,18H2,1H3. The first kappa shape index (κ1) is 13.4. The minimum Gasteiger partial charge on any atom is -0.329 e. The molecule has 3 nitrogen and oxygen atoms in total. The highest BCUT2D eigenvalue weighted by Gasteiger charge is 2.26. The van der Waals surface area contributed by atoms with E-state index < -0.39 is 0 Å². The third-order valence-electron chi connectivity index (χ3n) is 4.34. The van der Waals surface area contributed by atoms with Gasteiger partial charge in [0.1, 0.15) is 0 Å². The van der Waals surface area contributed by atoms with Crippen LogP contribution in [0, 0.1) is 6.92 Å². The first-order valence-corrected chi connectivity index (χ1v) is 7.62. The zero-order chi connectivity index (χ0) is 13.9. The quantitative estimate of drug-likeness (QED) is 0.870. The monoisotopic (exact) mass is 269 g/mol. The van der Waals surface area contributed by atoms with E-state index in [1.807, 2.05) is 0 Å². The number of hydrogen-bond donors (Lipinski definition) is 1. The van der Waals surface area contributed by atoms with Crippen molar-refractivity contribution >= 4 is 0 Å². The van der Waals surface area contributed by atoms with E-state index in [4.69, 9.17) is 10.8 Å². The molecular weight excluding hydrogens is 246 g/mol. The second-order valence-electron chi connectivity index (χ2n) is 5.67. The first-order valence-electron chi connectivity index (χ1n) is 7.62. The summed E-state index contributed by atoms with van der Waals surface area (Å²) >= 11 is 0. The van der Waals surface area contributed by atoms with Crippen LogP contribution in [0.3, 0.4) is 0 Å². The van der Waals surface area contributed by atoms with Crippen LogP contribution < -0.4 is 5.73 Å². The van der Waals surface area contributed by atoms with Crippen molar-refractivity contribution in [3.8, 4) is 0 Å². The molecule has 0 radical (unpaired) electrons. The Hall–Kier alpha value is -1.61. The van der Waals surface area contributed by atoms with E-state index in [0.717, 1.165) is 13.0 Å². The lowest BCUT2D eigenvalue weighted by Crippen LogP contribution is -2.16. The van der Waals surface area contributed by atoms with Gasteiger partial charge >= 0.3 is 0 Å². The van der Waals surface area contributed by atoms with Crippen molar-refractivity contribution < 1.29 is 0 Å². The summed E-state index contributed by atoms with van der Waals surface area (Å²) < 4.78 is 2.16. The molecule has 0 saturated carbocycles. The number of hydrogen-bond acceptors (Lipinski definition) is 2. The van der Waals surface area contributed by atoms with Gasteiger partial charge < -0.3 is 5.73 Å². The summed E-state index contributed by atoms with van der Waals surface area (Å²) in [4.78, 5) is 0. The molecule has 3 heteroatoms. The van der Waals surface area contributed by atoms with Crippen molar-refractivity contribution in [3.63, 3.8) is 0 Å². The summed E-state index contributed by atoms with van der Waals surface area (Å²) in [7, 11) is 0. The maximum atomic E-state index is 5.77. The largest absolute Gasteiger partial charge is 0.329 e. The molecule has 1 aromatic heterocycles. The van der Waals surface area contributed by atoms with Gasteiger partial charge in [-0.05, 0) is 37.3 Å². The van der Waals surface area contributed by atoms with Gasteiger partial charge in [-0.3, -0.25) is 4.68 Å². The van der Waals surface area contributed by atoms with Crippen LogP contribution in [0.5, 0.6) is 0 Å². The second kappa shape index (κ2) is 5.80. The van der Waals surface area contributed by atoms with Gasteiger partial charge in [0.25, 0.3) is 0 Å². The molecule has 3 rings (SSSR count). The Balaban J connectivity index is 2.10. The van der Waals surface area contributed by atoms with Crippen LogP contribution in [-0.4, -0.2) is 16.3 Å². The second-order valence-corrected chi connectivity index (χ2v) is 5.67. The van der Waals surface area contributed by atoms with Crippen LogP contribution in [0.4, 0.5) is 0 Å². The number of aromatic nitrogens is 2. The van der Waals surface area contributed by atoms with Crippen molar-refractivity contribution in [2.45, 2.75) is 45.1 Å². The molecule has 1 atom stereocenters. The summed E-state index contributed by atoms with van der Waals surface area (Å²) in [5, 5.41) is 4.74. The van der Waals surface area contributed by atoms with Crippen molar-refractivity contribution in [2.24, 2.45) is 5.73 Å². The molecule has 1 heterocycles. The molecule has 2 aromatic rings. The van der Waals surface area contributed by atoms with Crippen LogP contribution in [-0.2, 0) is 13.0 Å². The van der Waals surface area contributed by atoms with E-state index >= 15 is 0 Å². The van der Waals surface area contributed by atoms with E-state index in [2.05, 4.69) is 41.9 Å². The number of benzene rings is 1. The van der Waals surface area contributed by atoms with Gasteiger partial charge in [-0.25, -0.2) is 0 Å². The fraction of sp³-hybridized carbons (Fsp3) is 0.471. The van der Waals surface area contributed by atoms with Gasteiger partial charge in [-0.1, -0.05) is 36.8 Å². The van der Waals surface area contributed by atoms with Gasteiger partial charge in [-0.15, -0.1) is 0 Å². The minimum atomic E-state index is 0.474. The molecule has 2 N–H and O–H groups in total. The predicted octanol–water partition coefficient (Wildman–Crippen LogP) is 3.01. The molecule has 0 aliphatic heterocycles. The van der Waals surface area contributed by atoms with Crippen molar-refractivity contribution in [3.05, 3.63) is 52.8 Å². The maximum absolute atomic E-state index is 5.77. The van der Waals surface area contributed by atoms with Gasteiger partial charge in [0.05, 0.1) is 12.2 Å². The number of aryl methyl sites for hydroxylation is 1. The zero-order valence-electron chi connectivity index (χ0n) is 12.2. The highest BCUT2D eigenvalue weighted by atomic mass is 15.3. The predicted molar refractivity (Wildman–Crippen MR) is 81.9 cm³/mol. The fourth-order valence-corrected chi connectivity index (χ4v) is 3.43. The summed E-state index contributed by atoms with van der Waals surface area (Å²) in [5.74, 6) is 0.474. The molecule has 1 aliphatic carbocycles. The average molecular weight is 269 g/mol. The Morgan fingerprint density at radius 1 is 1.25 bits per heavy atom. The minimum absolute atomic E-state index is 0.474. The third kappa shape index (κ3) is 2.38. The summed E-state index contributed by atoms with van der Waals surface area (Å²) in [6, 6.07) is 10.8. The molecule has 0 saturated heterocycles. The molecule has 106 valence electrons.